The summed E-state index contributed by atoms with van der Waals surface area (Å²) in [5.41, 5.74) is 7.42. The van der Waals surface area contributed by atoms with Gasteiger partial charge in [-0.15, -0.1) is 11.3 Å². The SMILES string of the molecule is c1ccc2c(c1)[nH]c1c(-c3cccc4c(-c5ccc6c(c5)sc5ccccc56)cccc34)cccc12. The number of fused-ring (bicyclic) bond motifs is 7. The zero-order chi connectivity index (χ0) is 23.6. The van der Waals surface area contributed by atoms with Gasteiger partial charge in [-0.3, -0.25) is 0 Å². The molecule has 0 aliphatic rings. The number of rotatable bonds is 2. The molecule has 0 atom stereocenters. The molecule has 1 N–H and O–H groups in total. The Morgan fingerprint density at radius 1 is 0.417 bits per heavy atom. The molecule has 36 heavy (non-hydrogen) atoms. The number of benzene rings is 6. The summed E-state index contributed by atoms with van der Waals surface area (Å²) in [6.07, 6.45) is 0. The number of aromatic amines is 1. The van der Waals surface area contributed by atoms with E-state index in [1.807, 2.05) is 11.3 Å². The van der Waals surface area contributed by atoms with Gasteiger partial charge in [0.25, 0.3) is 0 Å². The van der Waals surface area contributed by atoms with E-state index in [-0.39, 0.29) is 0 Å². The van der Waals surface area contributed by atoms with Crippen LogP contribution >= 0.6 is 11.3 Å². The predicted octanol–water partition coefficient (Wildman–Crippen LogP) is 10.2. The molecular weight excluding hydrogens is 454 g/mol. The number of hydrogen-bond acceptors (Lipinski definition) is 1. The molecule has 2 heterocycles. The van der Waals surface area contributed by atoms with Crippen LogP contribution in [0.25, 0.3) is 75.0 Å². The lowest BCUT2D eigenvalue weighted by molar-refractivity contribution is 1.54. The summed E-state index contributed by atoms with van der Waals surface area (Å²) in [4.78, 5) is 3.69. The van der Waals surface area contributed by atoms with Crippen molar-refractivity contribution in [1.82, 2.24) is 4.98 Å². The fourth-order valence-electron chi connectivity index (χ4n) is 5.79. The lowest BCUT2D eigenvalue weighted by atomic mass is 9.92. The number of aromatic nitrogens is 1. The van der Waals surface area contributed by atoms with Gasteiger partial charge < -0.3 is 4.98 Å². The third-order valence-corrected chi connectivity index (χ3v) is 8.58. The largest absolute Gasteiger partial charge is 0.354 e. The van der Waals surface area contributed by atoms with Gasteiger partial charge in [0.2, 0.25) is 0 Å². The molecule has 1 nitrogen and oxygen atoms in total. The van der Waals surface area contributed by atoms with Crippen LogP contribution in [0, 0.1) is 0 Å². The van der Waals surface area contributed by atoms with Gasteiger partial charge in [0, 0.05) is 42.0 Å². The van der Waals surface area contributed by atoms with Crippen molar-refractivity contribution in [3.63, 3.8) is 0 Å². The second-order valence-electron chi connectivity index (χ2n) is 9.41. The monoisotopic (exact) mass is 475 g/mol. The second kappa shape index (κ2) is 7.55. The third-order valence-electron chi connectivity index (χ3n) is 7.44. The van der Waals surface area contributed by atoms with Gasteiger partial charge >= 0.3 is 0 Å². The zero-order valence-electron chi connectivity index (χ0n) is 19.5. The van der Waals surface area contributed by atoms with Gasteiger partial charge in [-0.25, -0.2) is 0 Å². The molecular formula is C34H21NS. The van der Waals surface area contributed by atoms with E-state index in [2.05, 4.69) is 126 Å². The maximum Gasteiger partial charge on any atom is 0.0544 e. The first-order chi connectivity index (χ1) is 17.8. The predicted molar refractivity (Wildman–Crippen MR) is 157 cm³/mol. The number of hydrogen-bond donors (Lipinski definition) is 1. The Kier molecular flexibility index (Phi) is 4.16. The Morgan fingerprint density at radius 2 is 1.06 bits per heavy atom. The van der Waals surface area contributed by atoms with Gasteiger partial charge in [-0.1, -0.05) is 103 Å². The summed E-state index contributed by atoms with van der Waals surface area (Å²) in [5.74, 6) is 0. The van der Waals surface area contributed by atoms with E-state index in [4.69, 9.17) is 0 Å². The van der Waals surface area contributed by atoms with Crippen LogP contribution in [-0.4, -0.2) is 4.98 Å². The van der Waals surface area contributed by atoms with Crippen molar-refractivity contribution >= 4 is 64.1 Å². The van der Waals surface area contributed by atoms with Gasteiger partial charge in [-0.2, -0.15) is 0 Å². The van der Waals surface area contributed by atoms with Crippen LogP contribution in [0.4, 0.5) is 0 Å². The molecule has 0 fully saturated rings. The molecule has 0 spiro atoms. The molecule has 0 bridgehead atoms. The molecule has 0 unspecified atom stereocenters. The van der Waals surface area contributed by atoms with E-state index in [0.29, 0.717) is 0 Å². The van der Waals surface area contributed by atoms with Crippen LogP contribution in [0.3, 0.4) is 0 Å². The molecule has 0 saturated heterocycles. The molecule has 8 aromatic rings. The Labute approximate surface area is 212 Å². The molecule has 2 heteroatoms. The van der Waals surface area contributed by atoms with E-state index in [9.17, 15) is 0 Å². The highest BCUT2D eigenvalue weighted by molar-refractivity contribution is 7.25. The van der Waals surface area contributed by atoms with Crippen LogP contribution in [-0.2, 0) is 0 Å². The molecule has 2 aromatic heterocycles. The highest BCUT2D eigenvalue weighted by Crippen LogP contribution is 2.41. The molecule has 0 amide bonds. The first kappa shape index (κ1) is 19.9. The standard InChI is InChI=1S/C34H21NS/c1-3-16-31-26(8-1)30-15-7-14-29(34(30)35-31)25-13-6-11-23-22(10-5-12-24(23)25)21-18-19-28-27-9-2-4-17-32(27)36-33(28)20-21/h1-20,35H. The Morgan fingerprint density at radius 3 is 1.94 bits per heavy atom. The van der Waals surface area contributed by atoms with Crippen molar-refractivity contribution in [2.24, 2.45) is 0 Å². The summed E-state index contributed by atoms with van der Waals surface area (Å²) in [7, 11) is 0. The van der Waals surface area contributed by atoms with Gasteiger partial charge in [0.15, 0.2) is 0 Å². The van der Waals surface area contributed by atoms with E-state index in [1.165, 1.54) is 75.0 Å². The lowest BCUT2D eigenvalue weighted by Crippen LogP contribution is -1.86. The van der Waals surface area contributed by atoms with E-state index in [1.54, 1.807) is 0 Å². The molecule has 6 aromatic carbocycles. The first-order valence-electron chi connectivity index (χ1n) is 12.3. The van der Waals surface area contributed by atoms with Crippen molar-refractivity contribution < 1.29 is 0 Å². The molecule has 168 valence electrons. The number of thiophene rings is 1. The van der Waals surface area contributed by atoms with Crippen molar-refractivity contribution in [1.29, 1.82) is 0 Å². The zero-order valence-corrected chi connectivity index (χ0v) is 20.3. The van der Waals surface area contributed by atoms with Crippen LogP contribution in [0.15, 0.2) is 121 Å². The summed E-state index contributed by atoms with van der Waals surface area (Å²) >= 11 is 1.88. The van der Waals surface area contributed by atoms with Crippen molar-refractivity contribution in [3.8, 4) is 22.3 Å². The summed E-state index contributed by atoms with van der Waals surface area (Å²) in [6.45, 7) is 0. The summed E-state index contributed by atoms with van der Waals surface area (Å²) in [6, 6.07) is 44.2. The summed E-state index contributed by atoms with van der Waals surface area (Å²) in [5, 5.41) is 7.78. The lowest BCUT2D eigenvalue weighted by Gasteiger charge is -2.12. The smallest absolute Gasteiger partial charge is 0.0544 e. The van der Waals surface area contributed by atoms with Gasteiger partial charge in [-0.05, 0) is 45.7 Å². The quantitative estimate of drug-likeness (QED) is 0.256. The van der Waals surface area contributed by atoms with Crippen LogP contribution in [0.2, 0.25) is 0 Å². The molecule has 8 rings (SSSR count). The minimum atomic E-state index is 1.18. The minimum Gasteiger partial charge on any atom is -0.354 e. The number of H-pyrrole nitrogens is 1. The van der Waals surface area contributed by atoms with Crippen molar-refractivity contribution in [2.75, 3.05) is 0 Å². The second-order valence-corrected chi connectivity index (χ2v) is 10.5. The fraction of sp³-hybridized carbons (Fsp3) is 0. The molecule has 0 radical (unpaired) electrons. The van der Waals surface area contributed by atoms with E-state index >= 15 is 0 Å². The maximum atomic E-state index is 3.69. The van der Waals surface area contributed by atoms with E-state index < -0.39 is 0 Å². The van der Waals surface area contributed by atoms with Crippen LogP contribution in [0.1, 0.15) is 0 Å². The van der Waals surface area contributed by atoms with Crippen LogP contribution < -0.4 is 0 Å². The van der Waals surface area contributed by atoms with E-state index in [0.717, 1.165) is 0 Å². The number of para-hydroxylation sites is 2. The fourth-order valence-corrected chi connectivity index (χ4v) is 6.93. The molecule has 0 aliphatic heterocycles. The molecule has 0 aliphatic carbocycles. The highest BCUT2D eigenvalue weighted by Gasteiger charge is 2.14. The van der Waals surface area contributed by atoms with Crippen molar-refractivity contribution in [3.05, 3.63) is 121 Å². The molecule has 0 saturated carbocycles. The van der Waals surface area contributed by atoms with Gasteiger partial charge in [0.1, 0.15) is 0 Å². The first-order valence-corrected chi connectivity index (χ1v) is 13.1. The average molecular weight is 476 g/mol. The summed E-state index contributed by atoms with van der Waals surface area (Å²) < 4.78 is 2.68. The maximum absolute atomic E-state index is 3.69. The van der Waals surface area contributed by atoms with Crippen molar-refractivity contribution in [2.45, 2.75) is 0 Å². The number of nitrogens with one attached hydrogen (secondary N) is 1. The van der Waals surface area contributed by atoms with Crippen LogP contribution in [0.5, 0.6) is 0 Å². The third kappa shape index (κ3) is 2.82. The minimum absolute atomic E-state index is 1.18. The topological polar surface area (TPSA) is 15.8 Å². The normalized spacial score (nSPS) is 11.9. The van der Waals surface area contributed by atoms with Gasteiger partial charge in [0.05, 0.1) is 5.52 Å². The Balaban J connectivity index is 1.36. The Bertz CT molecular complexity index is 2110. The Hall–Kier alpha value is -4.40. The highest BCUT2D eigenvalue weighted by atomic mass is 32.1. The average Bonchev–Trinajstić information content (AvgIpc) is 3.50.